The monoisotopic (exact) mass is 378 g/mol. The third-order valence-corrected chi connectivity index (χ3v) is 4.72. The van der Waals surface area contributed by atoms with Gasteiger partial charge in [-0.2, -0.15) is 0 Å². The van der Waals surface area contributed by atoms with E-state index in [4.69, 9.17) is 21.1 Å². The maximum Gasteiger partial charge on any atom is 0.242 e. The van der Waals surface area contributed by atoms with Crippen molar-refractivity contribution in [3.8, 4) is 11.5 Å². The van der Waals surface area contributed by atoms with E-state index in [1.807, 2.05) is 12.1 Å². The number of methoxy groups -OCH3 is 2. The quantitative estimate of drug-likeness (QED) is 0.865. The molecule has 0 aromatic heterocycles. The van der Waals surface area contributed by atoms with E-state index in [1.165, 1.54) is 12.1 Å². The van der Waals surface area contributed by atoms with Crippen molar-refractivity contribution in [1.29, 1.82) is 0 Å². The van der Waals surface area contributed by atoms with Crippen LogP contribution in [0.5, 0.6) is 11.5 Å². The van der Waals surface area contributed by atoms with Gasteiger partial charge in [0.05, 0.1) is 25.8 Å². The summed E-state index contributed by atoms with van der Waals surface area (Å²) in [4.78, 5) is 14.3. The predicted molar refractivity (Wildman–Crippen MR) is 98.6 cm³/mol. The van der Waals surface area contributed by atoms with Gasteiger partial charge in [-0.1, -0.05) is 11.6 Å². The zero-order valence-corrected chi connectivity index (χ0v) is 15.4. The van der Waals surface area contributed by atoms with Crippen molar-refractivity contribution in [2.45, 2.75) is 13.0 Å². The van der Waals surface area contributed by atoms with Gasteiger partial charge in [0.25, 0.3) is 0 Å². The van der Waals surface area contributed by atoms with E-state index in [9.17, 15) is 9.18 Å². The van der Waals surface area contributed by atoms with Crippen molar-refractivity contribution < 1.29 is 18.7 Å². The summed E-state index contributed by atoms with van der Waals surface area (Å²) in [7, 11) is 3.20. The van der Waals surface area contributed by atoms with Crippen LogP contribution in [-0.4, -0.2) is 38.1 Å². The molecule has 26 heavy (non-hydrogen) atoms. The molecule has 0 saturated carbocycles. The molecule has 3 rings (SSSR count). The number of nitrogens with one attached hydrogen (secondary N) is 1. The van der Waals surface area contributed by atoms with Crippen LogP contribution in [-0.2, 0) is 17.8 Å². The summed E-state index contributed by atoms with van der Waals surface area (Å²) in [6.07, 6.45) is 0.754. The second-order valence-electron chi connectivity index (χ2n) is 6.02. The number of halogens is 2. The van der Waals surface area contributed by atoms with Crippen molar-refractivity contribution >= 4 is 23.2 Å². The number of amides is 1. The number of fused-ring (bicyclic) bond motifs is 1. The molecule has 0 radical (unpaired) electrons. The maximum atomic E-state index is 13.2. The summed E-state index contributed by atoms with van der Waals surface area (Å²) in [6, 6.07) is 8.17. The smallest absolute Gasteiger partial charge is 0.242 e. The zero-order chi connectivity index (χ0) is 18.7. The summed E-state index contributed by atoms with van der Waals surface area (Å²) in [5.41, 5.74) is 2.81. The molecule has 138 valence electrons. The van der Waals surface area contributed by atoms with Gasteiger partial charge >= 0.3 is 0 Å². The lowest BCUT2D eigenvalue weighted by atomic mass is 9.98. The molecule has 0 atom stereocenters. The molecule has 0 fully saturated rings. The van der Waals surface area contributed by atoms with Gasteiger partial charge in [0.15, 0.2) is 11.5 Å². The molecule has 0 spiro atoms. The largest absolute Gasteiger partial charge is 0.493 e. The zero-order valence-electron chi connectivity index (χ0n) is 14.6. The highest BCUT2D eigenvalue weighted by Crippen LogP contribution is 2.33. The molecule has 1 aliphatic rings. The first kappa shape index (κ1) is 18.3. The molecule has 0 unspecified atom stereocenters. The Kier molecular flexibility index (Phi) is 5.52. The minimum Gasteiger partial charge on any atom is -0.493 e. The van der Waals surface area contributed by atoms with E-state index in [1.54, 1.807) is 25.2 Å². The van der Waals surface area contributed by atoms with Gasteiger partial charge in [-0.05, 0) is 47.9 Å². The number of nitrogens with zero attached hydrogens (tertiary/aromatic N) is 1. The van der Waals surface area contributed by atoms with E-state index < -0.39 is 5.82 Å². The van der Waals surface area contributed by atoms with Gasteiger partial charge in [0.1, 0.15) is 5.82 Å². The van der Waals surface area contributed by atoms with Gasteiger partial charge in [0, 0.05) is 18.8 Å². The number of ether oxygens (including phenoxy) is 2. The summed E-state index contributed by atoms with van der Waals surface area (Å²) < 4.78 is 23.9. The molecule has 7 heteroatoms. The molecular weight excluding hydrogens is 359 g/mol. The highest BCUT2D eigenvalue weighted by atomic mass is 35.5. The number of hydrogen-bond donors (Lipinski definition) is 1. The van der Waals surface area contributed by atoms with Crippen molar-refractivity contribution in [2.75, 3.05) is 32.6 Å². The molecule has 2 aromatic carbocycles. The standard InChI is InChI=1S/C19H20ClFN2O3/c1-25-17-7-12-5-6-23(11-13(12)8-18(17)26-2)19(24)10-22-14-3-4-16(21)15(20)9-14/h3-4,7-9,22H,5-6,10-11H2,1-2H3. The van der Waals surface area contributed by atoms with Crippen LogP contribution in [0.2, 0.25) is 5.02 Å². The average Bonchev–Trinajstić information content (AvgIpc) is 2.66. The third-order valence-electron chi connectivity index (χ3n) is 4.43. The molecule has 2 aromatic rings. The van der Waals surface area contributed by atoms with Gasteiger partial charge in [-0.15, -0.1) is 0 Å². The van der Waals surface area contributed by atoms with E-state index >= 15 is 0 Å². The van der Waals surface area contributed by atoms with Crippen LogP contribution < -0.4 is 14.8 Å². The van der Waals surface area contributed by atoms with E-state index in [0.717, 1.165) is 17.5 Å². The number of carbonyl (C=O) groups excluding carboxylic acids is 1. The fourth-order valence-corrected chi connectivity index (χ4v) is 3.17. The van der Waals surface area contributed by atoms with Gasteiger partial charge in [0.2, 0.25) is 5.91 Å². The summed E-state index contributed by atoms with van der Waals surface area (Å²) in [5.74, 6) is 0.826. The van der Waals surface area contributed by atoms with Crippen molar-refractivity contribution in [1.82, 2.24) is 4.90 Å². The number of anilines is 1. The molecule has 0 aliphatic carbocycles. The molecule has 1 heterocycles. The Bertz CT molecular complexity index is 829. The molecule has 1 aliphatic heterocycles. The fourth-order valence-electron chi connectivity index (χ4n) is 2.99. The molecular formula is C19H20ClFN2O3. The molecule has 1 N–H and O–H groups in total. The third kappa shape index (κ3) is 3.85. The van der Waals surface area contributed by atoms with Crippen molar-refractivity contribution in [3.63, 3.8) is 0 Å². The van der Waals surface area contributed by atoms with Crippen LogP contribution in [0.15, 0.2) is 30.3 Å². The fraction of sp³-hybridized carbons (Fsp3) is 0.316. The highest BCUT2D eigenvalue weighted by Gasteiger charge is 2.22. The lowest BCUT2D eigenvalue weighted by Gasteiger charge is -2.30. The predicted octanol–water partition coefficient (Wildman–Crippen LogP) is 3.49. The average molecular weight is 379 g/mol. The van der Waals surface area contributed by atoms with E-state index in [2.05, 4.69) is 5.32 Å². The molecule has 0 saturated heterocycles. The number of benzene rings is 2. The van der Waals surface area contributed by atoms with Crippen LogP contribution in [0, 0.1) is 5.82 Å². The van der Waals surface area contributed by atoms with Crippen LogP contribution in [0.3, 0.4) is 0 Å². The first-order valence-corrected chi connectivity index (χ1v) is 8.60. The Labute approximate surface area is 156 Å². The van der Waals surface area contributed by atoms with Crippen LogP contribution in [0.25, 0.3) is 0 Å². The van der Waals surface area contributed by atoms with E-state index in [-0.39, 0.29) is 17.5 Å². The molecule has 5 nitrogen and oxygen atoms in total. The second-order valence-corrected chi connectivity index (χ2v) is 6.43. The Morgan fingerprint density at radius 2 is 1.88 bits per heavy atom. The Hall–Kier alpha value is -2.47. The first-order valence-electron chi connectivity index (χ1n) is 8.22. The van der Waals surface area contributed by atoms with Crippen molar-refractivity contribution in [2.24, 2.45) is 0 Å². The Balaban J connectivity index is 1.66. The van der Waals surface area contributed by atoms with Gasteiger partial charge < -0.3 is 19.7 Å². The Morgan fingerprint density at radius 1 is 1.19 bits per heavy atom. The van der Waals surface area contributed by atoms with Gasteiger partial charge in [-0.3, -0.25) is 4.79 Å². The normalized spacial score (nSPS) is 13.2. The van der Waals surface area contributed by atoms with Crippen LogP contribution >= 0.6 is 11.6 Å². The van der Waals surface area contributed by atoms with Crippen molar-refractivity contribution in [3.05, 3.63) is 52.3 Å². The minimum atomic E-state index is -0.486. The highest BCUT2D eigenvalue weighted by molar-refractivity contribution is 6.31. The van der Waals surface area contributed by atoms with Crippen LogP contribution in [0.1, 0.15) is 11.1 Å². The summed E-state index contributed by atoms with van der Waals surface area (Å²) in [5, 5.41) is 3.01. The minimum absolute atomic E-state index is 0.0235. The number of carbonyl (C=O) groups is 1. The first-order chi connectivity index (χ1) is 12.5. The van der Waals surface area contributed by atoms with Crippen LogP contribution in [0.4, 0.5) is 10.1 Å². The maximum absolute atomic E-state index is 13.2. The second kappa shape index (κ2) is 7.83. The molecule has 0 bridgehead atoms. The lowest BCUT2D eigenvalue weighted by molar-refractivity contribution is -0.130. The number of hydrogen-bond acceptors (Lipinski definition) is 4. The summed E-state index contributed by atoms with van der Waals surface area (Å²) >= 11 is 5.75. The number of rotatable bonds is 5. The van der Waals surface area contributed by atoms with Gasteiger partial charge in [-0.25, -0.2) is 4.39 Å². The van der Waals surface area contributed by atoms with E-state index in [0.29, 0.717) is 30.3 Å². The topological polar surface area (TPSA) is 50.8 Å². The lowest BCUT2D eigenvalue weighted by Crippen LogP contribution is -2.39. The Morgan fingerprint density at radius 3 is 2.54 bits per heavy atom. The molecule has 1 amide bonds. The SMILES string of the molecule is COc1cc2c(cc1OC)CN(C(=O)CNc1ccc(F)c(Cl)c1)CC2. The summed E-state index contributed by atoms with van der Waals surface area (Å²) in [6.45, 7) is 1.26.